The van der Waals surface area contributed by atoms with Gasteiger partial charge in [0.2, 0.25) is 0 Å². The highest BCUT2D eigenvalue weighted by Crippen LogP contribution is 2.14. The van der Waals surface area contributed by atoms with Gasteiger partial charge in [-0.15, -0.1) is 0 Å². The van der Waals surface area contributed by atoms with Gasteiger partial charge in [0.25, 0.3) is 0 Å². The fraction of sp³-hybridized carbons (Fsp3) is 1.00. The Balaban J connectivity index is 2.44. The van der Waals surface area contributed by atoms with Crippen LogP contribution in [0.3, 0.4) is 0 Å². The minimum Gasteiger partial charge on any atom is -0.382 e. The summed E-state index contributed by atoms with van der Waals surface area (Å²) >= 11 is 0. The van der Waals surface area contributed by atoms with Gasteiger partial charge in [0.1, 0.15) is 5.60 Å². The van der Waals surface area contributed by atoms with Crippen molar-refractivity contribution in [1.29, 1.82) is 0 Å². The van der Waals surface area contributed by atoms with Crippen LogP contribution in [-0.2, 0) is 14.2 Å². The second-order valence-electron chi connectivity index (χ2n) is 3.00. The molecule has 1 radical (unpaired) electrons. The third-order valence-electron chi connectivity index (χ3n) is 1.87. The number of morpholine rings is 1. The Morgan fingerprint density at radius 3 is 2.42 bits per heavy atom. The maximum atomic E-state index is 5.60. The van der Waals surface area contributed by atoms with E-state index in [4.69, 9.17) is 14.2 Å². The van der Waals surface area contributed by atoms with Gasteiger partial charge in [0.05, 0.1) is 19.8 Å². The van der Waals surface area contributed by atoms with Crippen LogP contribution in [0.4, 0.5) is 0 Å². The van der Waals surface area contributed by atoms with E-state index in [1.54, 1.807) is 14.2 Å². The smallest absolute Gasteiger partial charge is 0.129 e. The fourth-order valence-corrected chi connectivity index (χ4v) is 1.40. The summed E-state index contributed by atoms with van der Waals surface area (Å²) in [6.07, 6.45) is 0. The molecule has 0 N–H and O–H groups in total. The lowest BCUT2D eigenvalue weighted by molar-refractivity contribution is -0.136. The van der Waals surface area contributed by atoms with E-state index in [9.17, 15) is 0 Å². The third kappa shape index (κ3) is 2.42. The van der Waals surface area contributed by atoms with Crippen LogP contribution in [0.2, 0.25) is 0 Å². The maximum absolute atomic E-state index is 5.60. The lowest BCUT2D eigenvalue weighted by Gasteiger charge is -2.35. The second kappa shape index (κ2) is 4.77. The summed E-state index contributed by atoms with van der Waals surface area (Å²) in [5, 5.41) is 4.28. The normalized spacial score (nSPS) is 22.5. The van der Waals surface area contributed by atoms with Crippen molar-refractivity contribution >= 4 is 0 Å². The largest absolute Gasteiger partial charge is 0.382 e. The highest BCUT2D eigenvalue weighted by molar-refractivity contribution is 4.85. The van der Waals surface area contributed by atoms with Gasteiger partial charge >= 0.3 is 0 Å². The van der Waals surface area contributed by atoms with E-state index in [-0.39, 0.29) is 5.60 Å². The first-order valence-corrected chi connectivity index (χ1v) is 4.08. The first-order valence-electron chi connectivity index (χ1n) is 4.08. The van der Waals surface area contributed by atoms with Crippen molar-refractivity contribution in [2.75, 3.05) is 47.1 Å². The molecule has 0 aromatic heterocycles. The van der Waals surface area contributed by atoms with Crippen LogP contribution in [0.5, 0.6) is 0 Å². The van der Waals surface area contributed by atoms with Gasteiger partial charge in [0, 0.05) is 27.3 Å². The van der Waals surface area contributed by atoms with Gasteiger partial charge in [-0.25, -0.2) is 5.32 Å². The number of nitrogens with zero attached hydrogens (tertiary/aromatic N) is 1. The Bertz CT molecular complexity index is 108. The molecule has 12 heavy (non-hydrogen) atoms. The van der Waals surface area contributed by atoms with E-state index in [0.29, 0.717) is 26.4 Å². The molecular weight excluding hydrogens is 158 g/mol. The molecule has 1 saturated heterocycles. The molecule has 0 aromatic carbocycles. The van der Waals surface area contributed by atoms with Crippen molar-refractivity contribution in [1.82, 2.24) is 5.32 Å². The lowest BCUT2D eigenvalue weighted by atomic mass is 10.1. The average molecular weight is 174 g/mol. The van der Waals surface area contributed by atoms with Gasteiger partial charge in [-0.05, 0) is 0 Å². The van der Waals surface area contributed by atoms with Crippen LogP contribution in [0, 0.1) is 0 Å². The summed E-state index contributed by atoms with van der Waals surface area (Å²) in [5.74, 6) is 0. The summed E-state index contributed by atoms with van der Waals surface area (Å²) in [4.78, 5) is 0. The molecule has 1 heterocycles. The van der Waals surface area contributed by atoms with Gasteiger partial charge < -0.3 is 14.2 Å². The number of rotatable bonds is 4. The minimum atomic E-state index is -0.332. The molecule has 0 amide bonds. The highest BCUT2D eigenvalue weighted by Gasteiger charge is 2.33. The van der Waals surface area contributed by atoms with Crippen molar-refractivity contribution < 1.29 is 14.2 Å². The summed E-state index contributed by atoms with van der Waals surface area (Å²) in [6.45, 7) is 3.23. The number of ether oxygens (including phenoxy) is 3. The van der Waals surface area contributed by atoms with E-state index in [1.807, 2.05) is 0 Å². The first kappa shape index (κ1) is 9.92. The van der Waals surface area contributed by atoms with Gasteiger partial charge in [-0.3, -0.25) is 0 Å². The second-order valence-corrected chi connectivity index (χ2v) is 3.00. The van der Waals surface area contributed by atoms with Gasteiger partial charge in [-0.2, -0.15) is 0 Å². The Morgan fingerprint density at radius 1 is 1.33 bits per heavy atom. The molecule has 0 aromatic rings. The predicted octanol–water partition coefficient (Wildman–Crippen LogP) is -0.347. The Kier molecular flexibility index (Phi) is 3.94. The molecule has 0 atom stereocenters. The molecular formula is C8H16NO3. The standard InChI is InChI=1S/C8H16NO3/c1-10-6-8(7-11-2)5-9-3-4-12-8/h3-7H2,1-2H3. The quantitative estimate of drug-likeness (QED) is 0.585. The van der Waals surface area contributed by atoms with Gasteiger partial charge in [0.15, 0.2) is 0 Å². The fourth-order valence-electron chi connectivity index (χ4n) is 1.40. The summed E-state index contributed by atoms with van der Waals surface area (Å²) in [7, 11) is 3.32. The summed E-state index contributed by atoms with van der Waals surface area (Å²) in [6, 6.07) is 0. The molecule has 1 aliphatic heterocycles. The monoisotopic (exact) mass is 174 g/mol. The van der Waals surface area contributed by atoms with Crippen LogP contribution < -0.4 is 5.32 Å². The summed E-state index contributed by atoms with van der Waals surface area (Å²) < 4.78 is 15.7. The molecule has 1 fully saturated rings. The molecule has 71 valence electrons. The number of methoxy groups -OCH3 is 2. The maximum Gasteiger partial charge on any atom is 0.129 e. The Labute approximate surface area is 73.2 Å². The topological polar surface area (TPSA) is 41.8 Å². The van der Waals surface area contributed by atoms with Crippen molar-refractivity contribution in [2.45, 2.75) is 5.60 Å². The van der Waals surface area contributed by atoms with E-state index >= 15 is 0 Å². The molecule has 0 spiro atoms. The minimum absolute atomic E-state index is 0.332. The van der Waals surface area contributed by atoms with Crippen LogP contribution in [0.1, 0.15) is 0 Å². The molecule has 4 nitrogen and oxygen atoms in total. The van der Waals surface area contributed by atoms with Crippen molar-refractivity contribution in [3.8, 4) is 0 Å². The third-order valence-corrected chi connectivity index (χ3v) is 1.87. The molecule has 0 aliphatic carbocycles. The van der Waals surface area contributed by atoms with E-state index in [0.717, 1.165) is 6.54 Å². The molecule has 1 rings (SSSR count). The lowest BCUT2D eigenvalue weighted by Crippen LogP contribution is -2.53. The van der Waals surface area contributed by atoms with E-state index in [1.165, 1.54) is 0 Å². The zero-order chi connectivity index (χ0) is 8.86. The SMILES string of the molecule is COCC1(COC)C[N]CCO1. The molecule has 0 saturated carbocycles. The van der Waals surface area contributed by atoms with Crippen molar-refractivity contribution in [2.24, 2.45) is 0 Å². The zero-order valence-corrected chi connectivity index (χ0v) is 7.71. The zero-order valence-electron chi connectivity index (χ0n) is 7.71. The molecule has 0 unspecified atom stereocenters. The molecule has 4 heteroatoms. The Morgan fingerprint density at radius 2 is 2.00 bits per heavy atom. The average Bonchev–Trinajstić information content (AvgIpc) is 2.07. The van der Waals surface area contributed by atoms with Crippen LogP contribution in [0.25, 0.3) is 0 Å². The molecule has 1 aliphatic rings. The Hall–Kier alpha value is -0.160. The molecule has 0 bridgehead atoms. The summed E-state index contributed by atoms with van der Waals surface area (Å²) in [5.41, 5.74) is -0.332. The number of hydrogen-bond donors (Lipinski definition) is 0. The van der Waals surface area contributed by atoms with Gasteiger partial charge in [-0.1, -0.05) is 0 Å². The van der Waals surface area contributed by atoms with Crippen molar-refractivity contribution in [3.05, 3.63) is 0 Å². The van der Waals surface area contributed by atoms with E-state index in [2.05, 4.69) is 5.32 Å². The number of hydrogen-bond acceptors (Lipinski definition) is 3. The first-order chi connectivity index (χ1) is 5.83. The van der Waals surface area contributed by atoms with E-state index < -0.39 is 0 Å². The highest BCUT2D eigenvalue weighted by atomic mass is 16.6. The predicted molar refractivity (Wildman–Crippen MR) is 44.3 cm³/mol. The van der Waals surface area contributed by atoms with Crippen LogP contribution in [0.15, 0.2) is 0 Å². The van der Waals surface area contributed by atoms with Crippen molar-refractivity contribution in [3.63, 3.8) is 0 Å². The van der Waals surface area contributed by atoms with Crippen LogP contribution >= 0.6 is 0 Å². The van der Waals surface area contributed by atoms with Crippen LogP contribution in [-0.4, -0.2) is 52.7 Å².